The number of carbonyl (C=O) groups excluding carboxylic acids is 1. The molecule has 0 saturated carbocycles. The summed E-state index contributed by atoms with van der Waals surface area (Å²) < 4.78 is 0. The van der Waals surface area contributed by atoms with Crippen molar-refractivity contribution in [2.45, 2.75) is 58.7 Å². The van der Waals surface area contributed by atoms with Gasteiger partial charge in [-0.05, 0) is 48.6 Å². The highest BCUT2D eigenvalue weighted by Crippen LogP contribution is 2.31. The molecular formula is C21H27NO3. The van der Waals surface area contributed by atoms with E-state index in [1.54, 1.807) is 0 Å². The summed E-state index contributed by atoms with van der Waals surface area (Å²) in [5.41, 5.74) is 2.63. The van der Waals surface area contributed by atoms with Crippen molar-refractivity contribution in [3.8, 4) is 0 Å². The lowest BCUT2D eigenvalue weighted by atomic mass is 9.88. The second-order valence-corrected chi connectivity index (χ2v) is 6.91. The molecule has 1 aliphatic heterocycles. The van der Waals surface area contributed by atoms with Crippen LogP contribution < -0.4 is 0 Å². The lowest BCUT2D eigenvalue weighted by Gasteiger charge is -2.37. The maximum Gasteiger partial charge on any atom is 0.222 e. The van der Waals surface area contributed by atoms with Crippen molar-refractivity contribution in [3.05, 3.63) is 47.5 Å². The predicted octanol–water partition coefficient (Wildman–Crippen LogP) is 4.25. The molecule has 0 radical (unpaired) electrons. The van der Waals surface area contributed by atoms with Crippen LogP contribution in [0.3, 0.4) is 0 Å². The first-order valence-corrected chi connectivity index (χ1v) is 9.17. The molecule has 4 nitrogen and oxygen atoms in total. The number of hydrogen-bond donors (Lipinski definition) is 0. The van der Waals surface area contributed by atoms with Gasteiger partial charge in [-0.25, -0.2) is 9.78 Å². The topological polar surface area (TPSA) is 38.8 Å². The van der Waals surface area contributed by atoms with Crippen LogP contribution in [0.1, 0.15) is 44.7 Å². The van der Waals surface area contributed by atoms with Gasteiger partial charge in [-0.2, -0.15) is 0 Å². The third-order valence-electron chi connectivity index (χ3n) is 4.78. The SMILES string of the molecule is CCC(=O)N1Cc2ccc3ccccc3c2C[C@@H]1CCOOC(C)C. The zero-order valence-corrected chi connectivity index (χ0v) is 15.3. The molecule has 0 unspecified atom stereocenters. The van der Waals surface area contributed by atoms with Crippen LogP contribution in [0.25, 0.3) is 10.8 Å². The maximum atomic E-state index is 12.4. The van der Waals surface area contributed by atoms with Gasteiger partial charge in [0.05, 0.1) is 12.7 Å². The van der Waals surface area contributed by atoms with Gasteiger partial charge in [-0.1, -0.05) is 43.3 Å². The number of amides is 1. The maximum absolute atomic E-state index is 12.4. The summed E-state index contributed by atoms with van der Waals surface area (Å²) in [5.74, 6) is 0.202. The first-order chi connectivity index (χ1) is 12.1. The summed E-state index contributed by atoms with van der Waals surface area (Å²) in [6.45, 7) is 6.98. The number of benzene rings is 2. The molecule has 1 atom stereocenters. The van der Waals surface area contributed by atoms with Crippen molar-refractivity contribution in [1.82, 2.24) is 4.90 Å². The lowest BCUT2D eigenvalue weighted by Crippen LogP contribution is -2.44. The molecule has 1 amide bonds. The van der Waals surface area contributed by atoms with Crippen molar-refractivity contribution >= 4 is 16.7 Å². The Balaban J connectivity index is 1.83. The van der Waals surface area contributed by atoms with Gasteiger partial charge in [0.25, 0.3) is 0 Å². The Kier molecular flexibility index (Phi) is 5.71. The normalized spacial score (nSPS) is 17.1. The van der Waals surface area contributed by atoms with E-state index in [4.69, 9.17) is 9.78 Å². The Labute approximate surface area is 149 Å². The highest BCUT2D eigenvalue weighted by molar-refractivity contribution is 5.87. The highest BCUT2D eigenvalue weighted by atomic mass is 17.2. The molecule has 134 valence electrons. The predicted molar refractivity (Wildman–Crippen MR) is 99.1 cm³/mol. The number of nitrogens with zero attached hydrogens (tertiary/aromatic N) is 1. The number of rotatable bonds is 6. The molecule has 2 aromatic rings. The van der Waals surface area contributed by atoms with Crippen LogP contribution in [0.5, 0.6) is 0 Å². The van der Waals surface area contributed by atoms with Gasteiger partial charge in [0, 0.05) is 19.0 Å². The van der Waals surface area contributed by atoms with Crippen LogP contribution in [0, 0.1) is 0 Å². The molecule has 3 rings (SSSR count). The summed E-state index contributed by atoms with van der Waals surface area (Å²) in [6, 6.07) is 13.0. The van der Waals surface area contributed by atoms with E-state index in [9.17, 15) is 4.79 Å². The number of fused-ring (bicyclic) bond motifs is 3. The van der Waals surface area contributed by atoms with E-state index in [0.717, 1.165) is 12.8 Å². The molecule has 0 spiro atoms. The van der Waals surface area contributed by atoms with Gasteiger partial charge < -0.3 is 4.90 Å². The molecule has 0 bridgehead atoms. The fourth-order valence-electron chi connectivity index (χ4n) is 3.55. The third-order valence-corrected chi connectivity index (χ3v) is 4.78. The van der Waals surface area contributed by atoms with E-state index in [2.05, 4.69) is 36.4 Å². The van der Waals surface area contributed by atoms with Crippen LogP contribution in [-0.2, 0) is 27.5 Å². The van der Waals surface area contributed by atoms with E-state index in [1.807, 2.05) is 25.7 Å². The van der Waals surface area contributed by atoms with Crippen molar-refractivity contribution in [2.75, 3.05) is 6.61 Å². The van der Waals surface area contributed by atoms with Gasteiger partial charge in [0.2, 0.25) is 5.91 Å². The van der Waals surface area contributed by atoms with Crippen LogP contribution >= 0.6 is 0 Å². The fraction of sp³-hybridized carbons (Fsp3) is 0.476. The van der Waals surface area contributed by atoms with Crippen LogP contribution in [0.15, 0.2) is 36.4 Å². The van der Waals surface area contributed by atoms with E-state index in [1.165, 1.54) is 21.9 Å². The van der Waals surface area contributed by atoms with E-state index >= 15 is 0 Å². The minimum Gasteiger partial charge on any atom is -0.335 e. The second-order valence-electron chi connectivity index (χ2n) is 6.91. The standard InChI is InChI=1S/C21H27NO3/c1-4-21(23)22-14-17-10-9-16-7-5-6-8-19(16)20(17)13-18(22)11-12-24-25-15(2)3/h5-10,15,18H,4,11-14H2,1-3H3/t18-/m0/s1. The molecule has 4 heteroatoms. The summed E-state index contributed by atoms with van der Waals surface area (Å²) in [6.07, 6.45) is 2.22. The Morgan fingerprint density at radius 1 is 1.24 bits per heavy atom. The number of hydrogen-bond acceptors (Lipinski definition) is 3. The van der Waals surface area contributed by atoms with E-state index in [0.29, 0.717) is 19.6 Å². The first kappa shape index (κ1) is 17.9. The fourth-order valence-corrected chi connectivity index (χ4v) is 3.55. The van der Waals surface area contributed by atoms with E-state index in [-0.39, 0.29) is 18.1 Å². The molecule has 2 aromatic carbocycles. The quantitative estimate of drug-likeness (QED) is 0.448. The van der Waals surface area contributed by atoms with Gasteiger partial charge >= 0.3 is 0 Å². The van der Waals surface area contributed by atoms with Crippen molar-refractivity contribution in [1.29, 1.82) is 0 Å². The smallest absolute Gasteiger partial charge is 0.222 e. The van der Waals surface area contributed by atoms with Crippen LogP contribution in [0.2, 0.25) is 0 Å². The third kappa shape index (κ3) is 4.02. The molecule has 0 fully saturated rings. The summed E-state index contributed by atoms with van der Waals surface area (Å²) in [4.78, 5) is 24.9. The summed E-state index contributed by atoms with van der Waals surface area (Å²) >= 11 is 0. The number of carbonyl (C=O) groups is 1. The van der Waals surface area contributed by atoms with Crippen molar-refractivity contribution in [3.63, 3.8) is 0 Å². The molecule has 25 heavy (non-hydrogen) atoms. The zero-order chi connectivity index (χ0) is 17.8. The average Bonchev–Trinajstić information content (AvgIpc) is 2.63. The Bertz CT molecular complexity index is 741. The highest BCUT2D eigenvalue weighted by Gasteiger charge is 2.29. The molecule has 0 aliphatic carbocycles. The van der Waals surface area contributed by atoms with E-state index < -0.39 is 0 Å². The van der Waals surface area contributed by atoms with Gasteiger partial charge in [-0.15, -0.1) is 0 Å². The monoisotopic (exact) mass is 341 g/mol. The van der Waals surface area contributed by atoms with Gasteiger partial charge in [0.15, 0.2) is 0 Å². The second kappa shape index (κ2) is 7.98. The molecule has 0 N–H and O–H groups in total. The van der Waals surface area contributed by atoms with Crippen LogP contribution in [0.4, 0.5) is 0 Å². The van der Waals surface area contributed by atoms with Crippen molar-refractivity contribution < 1.29 is 14.6 Å². The minimum absolute atomic E-state index is 0.0457. The minimum atomic E-state index is 0.0457. The Hall–Kier alpha value is -1.91. The molecule has 1 aliphatic rings. The zero-order valence-electron chi connectivity index (χ0n) is 15.3. The average molecular weight is 341 g/mol. The summed E-state index contributed by atoms with van der Waals surface area (Å²) in [7, 11) is 0. The molecule has 1 heterocycles. The lowest BCUT2D eigenvalue weighted by molar-refractivity contribution is -0.318. The molecular weight excluding hydrogens is 314 g/mol. The van der Waals surface area contributed by atoms with Gasteiger partial charge in [-0.3, -0.25) is 4.79 Å². The van der Waals surface area contributed by atoms with Crippen molar-refractivity contribution in [2.24, 2.45) is 0 Å². The Morgan fingerprint density at radius 3 is 2.80 bits per heavy atom. The largest absolute Gasteiger partial charge is 0.335 e. The first-order valence-electron chi connectivity index (χ1n) is 9.17. The summed E-state index contributed by atoms with van der Waals surface area (Å²) in [5, 5.41) is 2.56. The Morgan fingerprint density at radius 2 is 2.04 bits per heavy atom. The van der Waals surface area contributed by atoms with Gasteiger partial charge in [0.1, 0.15) is 0 Å². The van der Waals surface area contributed by atoms with Crippen LogP contribution in [-0.4, -0.2) is 29.6 Å². The molecule has 0 aromatic heterocycles. The molecule has 0 saturated heterocycles.